The van der Waals surface area contributed by atoms with Crippen molar-refractivity contribution in [2.75, 3.05) is 0 Å². The van der Waals surface area contributed by atoms with Crippen molar-refractivity contribution in [3.05, 3.63) is 30.2 Å². The van der Waals surface area contributed by atoms with Crippen LogP contribution in [-0.2, 0) is 11.2 Å². The Balaban J connectivity index is 2.11. The molecule has 2 aromatic rings. The van der Waals surface area contributed by atoms with Gasteiger partial charge >= 0.3 is 0 Å². The number of fused-ring (bicyclic) bond motifs is 1. The Morgan fingerprint density at radius 3 is 3.06 bits per heavy atom. The number of carbonyl (C=O) groups excluding carboxylic acids is 1. The molecule has 1 amide bonds. The normalized spacial score (nSPS) is 10.9. The van der Waals surface area contributed by atoms with Crippen LogP contribution in [0.5, 0.6) is 0 Å². The second-order valence-corrected chi connectivity index (χ2v) is 4.05. The molecule has 1 N–H and O–H groups in total. The van der Waals surface area contributed by atoms with Crippen LogP contribution in [0, 0.1) is 0 Å². The van der Waals surface area contributed by atoms with Gasteiger partial charge in [0, 0.05) is 6.04 Å². The summed E-state index contributed by atoms with van der Waals surface area (Å²) in [5, 5.41) is 2.85. The first-order chi connectivity index (χ1) is 7.65. The van der Waals surface area contributed by atoms with Crippen LogP contribution in [0.25, 0.3) is 11.1 Å². The third kappa shape index (κ3) is 2.39. The topological polar surface area (TPSA) is 55.1 Å². The summed E-state index contributed by atoms with van der Waals surface area (Å²) >= 11 is 0. The van der Waals surface area contributed by atoms with E-state index in [9.17, 15) is 4.79 Å². The summed E-state index contributed by atoms with van der Waals surface area (Å²) in [5.74, 6) is 0.0221. The maximum Gasteiger partial charge on any atom is 0.224 e. The van der Waals surface area contributed by atoms with Crippen molar-refractivity contribution in [1.82, 2.24) is 10.3 Å². The fraction of sp³-hybridized carbons (Fsp3) is 0.333. The van der Waals surface area contributed by atoms with Crippen LogP contribution >= 0.6 is 0 Å². The van der Waals surface area contributed by atoms with E-state index in [2.05, 4.69) is 10.3 Å². The number of carbonyl (C=O) groups is 1. The Morgan fingerprint density at radius 2 is 2.31 bits per heavy atom. The zero-order valence-electron chi connectivity index (χ0n) is 9.36. The first-order valence-corrected chi connectivity index (χ1v) is 5.26. The highest BCUT2D eigenvalue weighted by molar-refractivity contribution is 5.81. The van der Waals surface area contributed by atoms with Gasteiger partial charge in [-0.25, -0.2) is 4.98 Å². The molecule has 0 atom stereocenters. The molecule has 4 nitrogen and oxygen atoms in total. The van der Waals surface area contributed by atoms with Gasteiger partial charge in [0.15, 0.2) is 12.0 Å². The molecule has 0 aliphatic rings. The maximum atomic E-state index is 11.5. The Kier molecular flexibility index (Phi) is 2.90. The predicted molar refractivity (Wildman–Crippen MR) is 61.0 cm³/mol. The molecule has 1 heterocycles. The van der Waals surface area contributed by atoms with Gasteiger partial charge in [0.25, 0.3) is 0 Å². The zero-order chi connectivity index (χ0) is 11.5. The number of aromatic nitrogens is 1. The minimum Gasteiger partial charge on any atom is -0.443 e. The monoisotopic (exact) mass is 218 g/mol. The summed E-state index contributed by atoms with van der Waals surface area (Å²) in [6.45, 7) is 3.88. The van der Waals surface area contributed by atoms with E-state index in [1.54, 1.807) is 0 Å². The van der Waals surface area contributed by atoms with E-state index in [0.717, 1.165) is 16.7 Å². The van der Waals surface area contributed by atoms with E-state index in [1.807, 2.05) is 32.0 Å². The van der Waals surface area contributed by atoms with Gasteiger partial charge in [-0.2, -0.15) is 0 Å². The van der Waals surface area contributed by atoms with Gasteiger partial charge in [-0.15, -0.1) is 0 Å². The molecule has 0 saturated heterocycles. The summed E-state index contributed by atoms with van der Waals surface area (Å²) in [7, 11) is 0. The molecule has 0 bridgehead atoms. The summed E-state index contributed by atoms with van der Waals surface area (Å²) in [6.07, 6.45) is 1.78. The standard InChI is InChI=1S/C12H14N2O2/c1-8(2)14-12(15)6-9-3-4-10-11(5-9)16-7-13-10/h3-5,7-8H,6H2,1-2H3,(H,14,15). The number of nitrogens with zero attached hydrogens (tertiary/aromatic N) is 1. The fourth-order valence-electron chi connectivity index (χ4n) is 1.57. The average molecular weight is 218 g/mol. The molecule has 0 unspecified atom stereocenters. The lowest BCUT2D eigenvalue weighted by atomic mass is 10.1. The highest BCUT2D eigenvalue weighted by atomic mass is 16.3. The van der Waals surface area contributed by atoms with E-state index < -0.39 is 0 Å². The number of amides is 1. The molecule has 0 fully saturated rings. The van der Waals surface area contributed by atoms with Crippen LogP contribution in [-0.4, -0.2) is 16.9 Å². The highest BCUT2D eigenvalue weighted by Crippen LogP contribution is 2.14. The lowest BCUT2D eigenvalue weighted by molar-refractivity contribution is -0.120. The number of nitrogens with one attached hydrogen (secondary N) is 1. The largest absolute Gasteiger partial charge is 0.443 e. The van der Waals surface area contributed by atoms with Crippen molar-refractivity contribution in [1.29, 1.82) is 0 Å². The third-order valence-corrected chi connectivity index (χ3v) is 2.21. The summed E-state index contributed by atoms with van der Waals surface area (Å²) in [4.78, 5) is 15.6. The van der Waals surface area contributed by atoms with Gasteiger partial charge in [0.1, 0.15) is 5.52 Å². The first kappa shape index (κ1) is 10.7. The van der Waals surface area contributed by atoms with Crippen LogP contribution < -0.4 is 5.32 Å². The smallest absolute Gasteiger partial charge is 0.224 e. The fourth-order valence-corrected chi connectivity index (χ4v) is 1.57. The van der Waals surface area contributed by atoms with Crippen molar-refractivity contribution in [3.63, 3.8) is 0 Å². The zero-order valence-corrected chi connectivity index (χ0v) is 9.36. The number of rotatable bonds is 3. The molecule has 1 aromatic heterocycles. The molecular formula is C12H14N2O2. The number of hydrogen-bond acceptors (Lipinski definition) is 3. The molecule has 0 saturated carbocycles. The molecule has 0 aliphatic heterocycles. The van der Waals surface area contributed by atoms with Gasteiger partial charge in [-0.3, -0.25) is 4.79 Å². The summed E-state index contributed by atoms with van der Waals surface area (Å²) < 4.78 is 5.18. The van der Waals surface area contributed by atoms with Gasteiger partial charge < -0.3 is 9.73 Å². The molecule has 16 heavy (non-hydrogen) atoms. The van der Waals surface area contributed by atoms with Gasteiger partial charge in [-0.1, -0.05) is 6.07 Å². The maximum absolute atomic E-state index is 11.5. The number of benzene rings is 1. The Hall–Kier alpha value is -1.84. The van der Waals surface area contributed by atoms with Crippen molar-refractivity contribution >= 4 is 17.0 Å². The van der Waals surface area contributed by atoms with E-state index in [0.29, 0.717) is 6.42 Å². The van der Waals surface area contributed by atoms with E-state index in [4.69, 9.17) is 4.42 Å². The molecule has 1 aromatic carbocycles. The predicted octanol–water partition coefficient (Wildman–Crippen LogP) is 1.89. The highest BCUT2D eigenvalue weighted by Gasteiger charge is 2.06. The Morgan fingerprint density at radius 1 is 1.50 bits per heavy atom. The molecular weight excluding hydrogens is 204 g/mol. The van der Waals surface area contributed by atoms with Crippen molar-refractivity contribution in [3.8, 4) is 0 Å². The van der Waals surface area contributed by atoms with Crippen LogP contribution in [0.1, 0.15) is 19.4 Å². The average Bonchev–Trinajstić information content (AvgIpc) is 2.63. The Bertz CT molecular complexity index is 502. The quantitative estimate of drug-likeness (QED) is 0.856. The van der Waals surface area contributed by atoms with Gasteiger partial charge in [-0.05, 0) is 31.5 Å². The van der Waals surface area contributed by atoms with Crippen LogP contribution in [0.4, 0.5) is 0 Å². The van der Waals surface area contributed by atoms with E-state index in [1.165, 1.54) is 6.39 Å². The summed E-state index contributed by atoms with van der Waals surface area (Å²) in [6, 6.07) is 5.77. The van der Waals surface area contributed by atoms with Crippen molar-refractivity contribution < 1.29 is 9.21 Å². The second kappa shape index (κ2) is 4.35. The van der Waals surface area contributed by atoms with Crippen molar-refractivity contribution in [2.45, 2.75) is 26.3 Å². The Labute approximate surface area is 93.7 Å². The molecule has 4 heteroatoms. The molecule has 0 aliphatic carbocycles. The molecule has 0 spiro atoms. The minimum absolute atomic E-state index is 0.0221. The van der Waals surface area contributed by atoms with E-state index >= 15 is 0 Å². The lowest BCUT2D eigenvalue weighted by Crippen LogP contribution is -2.31. The van der Waals surface area contributed by atoms with Crippen LogP contribution in [0.2, 0.25) is 0 Å². The van der Waals surface area contributed by atoms with Crippen molar-refractivity contribution in [2.24, 2.45) is 0 Å². The SMILES string of the molecule is CC(C)NC(=O)Cc1ccc2ncoc2c1. The molecule has 84 valence electrons. The lowest BCUT2D eigenvalue weighted by Gasteiger charge is -2.07. The molecule has 2 rings (SSSR count). The number of hydrogen-bond donors (Lipinski definition) is 1. The van der Waals surface area contributed by atoms with E-state index in [-0.39, 0.29) is 11.9 Å². The van der Waals surface area contributed by atoms with Crippen LogP contribution in [0.15, 0.2) is 29.0 Å². The summed E-state index contributed by atoms with van der Waals surface area (Å²) in [5.41, 5.74) is 2.46. The second-order valence-electron chi connectivity index (χ2n) is 4.05. The van der Waals surface area contributed by atoms with Crippen LogP contribution in [0.3, 0.4) is 0 Å². The van der Waals surface area contributed by atoms with Gasteiger partial charge in [0.2, 0.25) is 5.91 Å². The number of oxazole rings is 1. The molecule has 0 radical (unpaired) electrons. The third-order valence-electron chi connectivity index (χ3n) is 2.21. The van der Waals surface area contributed by atoms with Gasteiger partial charge in [0.05, 0.1) is 6.42 Å². The first-order valence-electron chi connectivity index (χ1n) is 5.26. The minimum atomic E-state index is 0.0221.